The first-order valence-electron chi connectivity index (χ1n) is 7.12. The van der Waals surface area contributed by atoms with Gasteiger partial charge in [-0.25, -0.2) is 0 Å². The van der Waals surface area contributed by atoms with Crippen molar-refractivity contribution in [1.29, 1.82) is 0 Å². The summed E-state index contributed by atoms with van der Waals surface area (Å²) >= 11 is 0. The highest BCUT2D eigenvalue weighted by molar-refractivity contribution is 4.66. The second-order valence-electron chi connectivity index (χ2n) is 6.52. The zero-order valence-corrected chi connectivity index (χ0v) is 12.3. The van der Waals surface area contributed by atoms with Crippen molar-refractivity contribution in [3.8, 4) is 0 Å². The highest BCUT2D eigenvalue weighted by atomic mass is 14.9. The average molecular weight is 227 g/mol. The summed E-state index contributed by atoms with van der Waals surface area (Å²) in [7, 11) is 0. The first-order chi connectivity index (χ1) is 7.41. The molecule has 1 atom stereocenters. The molecule has 1 nitrogen and oxygen atoms in total. The fraction of sp³-hybridized carbons (Fsp3) is 1.00. The van der Waals surface area contributed by atoms with Crippen LogP contribution in [0.3, 0.4) is 0 Å². The van der Waals surface area contributed by atoms with Gasteiger partial charge in [0.25, 0.3) is 0 Å². The van der Waals surface area contributed by atoms with E-state index in [-0.39, 0.29) is 0 Å². The van der Waals surface area contributed by atoms with Crippen LogP contribution in [-0.2, 0) is 0 Å². The van der Waals surface area contributed by atoms with Crippen LogP contribution < -0.4 is 5.32 Å². The van der Waals surface area contributed by atoms with Crippen molar-refractivity contribution in [2.45, 2.75) is 60.8 Å². The predicted molar refractivity (Wildman–Crippen MR) is 74.7 cm³/mol. The molecular weight excluding hydrogens is 194 g/mol. The van der Waals surface area contributed by atoms with Crippen LogP contribution in [0, 0.1) is 23.7 Å². The van der Waals surface area contributed by atoms with Crippen LogP contribution in [0.2, 0.25) is 0 Å². The lowest BCUT2D eigenvalue weighted by molar-refractivity contribution is 0.336. The van der Waals surface area contributed by atoms with Crippen LogP contribution in [-0.4, -0.2) is 13.1 Å². The van der Waals surface area contributed by atoms with Crippen LogP contribution in [0.25, 0.3) is 0 Å². The van der Waals surface area contributed by atoms with Gasteiger partial charge in [-0.2, -0.15) is 0 Å². The Labute approximate surface area is 103 Å². The van der Waals surface area contributed by atoms with Crippen molar-refractivity contribution in [3.05, 3.63) is 0 Å². The highest BCUT2D eigenvalue weighted by Crippen LogP contribution is 2.19. The van der Waals surface area contributed by atoms with E-state index in [1.807, 2.05) is 0 Å². The molecule has 0 amide bonds. The Hall–Kier alpha value is -0.0400. The molecular formula is C15H33N. The SMILES string of the molecule is CC(C)CCC(CNCC(C)C)CC(C)C. The van der Waals surface area contributed by atoms with Crippen molar-refractivity contribution in [2.75, 3.05) is 13.1 Å². The van der Waals surface area contributed by atoms with Crippen molar-refractivity contribution >= 4 is 0 Å². The van der Waals surface area contributed by atoms with Gasteiger partial charge < -0.3 is 5.32 Å². The summed E-state index contributed by atoms with van der Waals surface area (Å²) in [4.78, 5) is 0. The molecule has 1 heteroatoms. The smallest absolute Gasteiger partial charge is 0.00203 e. The van der Waals surface area contributed by atoms with Gasteiger partial charge in [-0.3, -0.25) is 0 Å². The Balaban J connectivity index is 3.81. The van der Waals surface area contributed by atoms with E-state index in [1.165, 1.54) is 25.8 Å². The van der Waals surface area contributed by atoms with Crippen LogP contribution in [0.5, 0.6) is 0 Å². The fourth-order valence-corrected chi connectivity index (χ4v) is 2.12. The zero-order chi connectivity index (χ0) is 12.6. The monoisotopic (exact) mass is 227 g/mol. The molecule has 16 heavy (non-hydrogen) atoms. The lowest BCUT2D eigenvalue weighted by atomic mass is 9.90. The molecule has 0 heterocycles. The maximum Gasteiger partial charge on any atom is -0.00203 e. The normalized spacial score (nSPS) is 14.1. The third kappa shape index (κ3) is 10.5. The molecule has 0 bridgehead atoms. The minimum Gasteiger partial charge on any atom is -0.316 e. The molecule has 0 aromatic rings. The molecule has 1 N–H and O–H groups in total. The first-order valence-corrected chi connectivity index (χ1v) is 7.12. The molecule has 0 aliphatic carbocycles. The Kier molecular flexibility index (Phi) is 9.02. The molecule has 98 valence electrons. The van der Waals surface area contributed by atoms with Gasteiger partial charge in [-0.1, -0.05) is 48.0 Å². The molecule has 0 saturated heterocycles. The quantitative estimate of drug-likeness (QED) is 0.618. The molecule has 1 unspecified atom stereocenters. The van der Waals surface area contributed by atoms with E-state index in [0.717, 1.165) is 30.2 Å². The highest BCUT2D eigenvalue weighted by Gasteiger charge is 2.11. The van der Waals surface area contributed by atoms with Gasteiger partial charge >= 0.3 is 0 Å². The van der Waals surface area contributed by atoms with Gasteiger partial charge in [0.15, 0.2) is 0 Å². The zero-order valence-electron chi connectivity index (χ0n) is 12.3. The second-order valence-corrected chi connectivity index (χ2v) is 6.52. The lowest BCUT2D eigenvalue weighted by Crippen LogP contribution is -2.27. The third-order valence-corrected chi connectivity index (χ3v) is 2.94. The van der Waals surface area contributed by atoms with Crippen molar-refractivity contribution in [1.82, 2.24) is 5.32 Å². The Morgan fingerprint density at radius 3 is 1.75 bits per heavy atom. The van der Waals surface area contributed by atoms with Gasteiger partial charge in [-0.15, -0.1) is 0 Å². The summed E-state index contributed by atoms with van der Waals surface area (Å²) in [5, 5.41) is 3.61. The van der Waals surface area contributed by atoms with Crippen LogP contribution >= 0.6 is 0 Å². The largest absolute Gasteiger partial charge is 0.316 e. The van der Waals surface area contributed by atoms with E-state index in [1.54, 1.807) is 0 Å². The molecule has 0 aliphatic rings. The molecule has 0 aliphatic heterocycles. The van der Waals surface area contributed by atoms with Crippen molar-refractivity contribution < 1.29 is 0 Å². The van der Waals surface area contributed by atoms with E-state index in [4.69, 9.17) is 0 Å². The average Bonchev–Trinajstić information content (AvgIpc) is 2.12. The van der Waals surface area contributed by atoms with E-state index >= 15 is 0 Å². The van der Waals surface area contributed by atoms with Gasteiger partial charge in [0.2, 0.25) is 0 Å². The number of hydrogen-bond acceptors (Lipinski definition) is 1. The van der Waals surface area contributed by atoms with Crippen molar-refractivity contribution in [2.24, 2.45) is 23.7 Å². The van der Waals surface area contributed by atoms with E-state index in [0.29, 0.717) is 0 Å². The summed E-state index contributed by atoms with van der Waals surface area (Å²) in [6, 6.07) is 0. The van der Waals surface area contributed by atoms with Crippen molar-refractivity contribution in [3.63, 3.8) is 0 Å². The Bertz CT molecular complexity index is 150. The summed E-state index contributed by atoms with van der Waals surface area (Å²) in [6.07, 6.45) is 4.14. The van der Waals surface area contributed by atoms with Gasteiger partial charge in [0, 0.05) is 0 Å². The van der Waals surface area contributed by atoms with E-state index in [9.17, 15) is 0 Å². The first kappa shape index (κ1) is 16.0. The maximum atomic E-state index is 3.61. The van der Waals surface area contributed by atoms with Gasteiger partial charge in [0.1, 0.15) is 0 Å². The molecule has 0 rings (SSSR count). The summed E-state index contributed by atoms with van der Waals surface area (Å²) < 4.78 is 0. The minimum atomic E-state index is 0.768. The molecule has 0 radical (unpaired) electrons. The molecule has 0 spiro atoms. The number of nitrogens with one attached hydrogen (secondary N) is 1. The van der Waals surface area contributed by atoms with E-state index in [2.05, 4.69) is 46.9 Å². The van der Waals surface area contributed by atoms with Crippen LogP contribution in [0.1, 0.15) is 60.8 Å². The fourth-order valence-electron chi connectivity index (χ4n) is 2.12. The third-order valence-electron chi connectivity index (χ3n) is 2.94. The molecule has 0 fully saturated rings. The number of rotatable bonds is 9. The van der Waals surface area contributed by atoms with Crippen LogP contribution in [0.4, 0.5) is 0 Å². The summed E-state index contributed by atoms with van der Waals surface area (Å²) in [5.41, 5.74) is 0. The predicted octanol–water partition coefficient (Wildman–Crippen LogP) is 4.33. The van der Waals surface area contributed by atoms with Crippen LogP contribution in [0.15, 0.2) is 0 Å². The summed E-state index contributed by atoms with van der Waals surface area (Å²) in [5.74, 6) is 3.32. The molecule has 0 aromatic heterocycles. The van der Waals surface area contributed by atoms with Gasteiger partial charge in [0.05, 0.1) is 0 Å². The van der Waals surface area contributed by atoms with E-state index < -0.39 is 0 Å². The Morgan fingerprint density at radius 2 is 1.31 bits per heavy atom. The van der Waals surface area contributed by atoms with Gasteiger partial charge in [-0.05, 0) is 49.6 Å². The summed E-state index contributed by atoms with van der Waals surface area (Å²) in [6.45, 7) is 16.3. The lowest BCUT2D eigenvalue weighted by Gasteiger charge is -2.21. The number of hydrogen-bond donors (Lipinski definition) is 1. The second kappa shape index (κ2) is 9.04. The topological polar surface area (TPSA) is 12.0 Å². The standard InChI is InChI=1S/C15H33N/c1-12(2)7-8-15(9-13(3)4)11-16-10-14(5)6/h12-16H,7-11H2,1-6H3. The molecule has 0 aromatic carbocycles. The minimum absolute atomic E-state index is 0.768. The molecule has 0 saturated carbocycles. The maximum absolute atomic E-state index is 3.61. The Morgan fingerprint density at radius 1 is 0.688 bits per heavy atom.